The predicted octanol–water partition coefficient (Wildman–Crippen LogP) is 4.38. The first-order valence-electron chi connectivity index (χ1n) is 9.36. The first-order valence-corrected chi connectivity index (χ1v) is 9.36. The van der Waals surface area contributed by atoms with Crippen LogP contribution in [0.25, 0.3) is 0 Å². The maximum absolute atomic E-state index is 6.58. The van der Waals surface area contributed by atoms with E-state index in [-0.39, 0.29) is 12.0 Å². The van der Waals surface area contributed by atoms with Crippen molar-refractivity contribution in [1.29, 1.82) is 0 Å². The van der Waals surface area contributed by atoms with E-state index in [9.17, 15) is 0 Å². The molecule has 0 bridgehead atoms. The Balaban J connectivity index is 1.70. The lowest BCUT2D eigenvalue weighted by Crippen LogP contribution is -2.34. The Morgan fingerprint density at radius 1 is 0.750 bits per heavy atom. The van der Waals surface area contributed by atoms with Crippen LogP contribution in [-0.2, 0) is 11.3 Å². The van der Waals surface area contributed by atoms with Crippen LogP contribution in [0.2, 0.25) is 0 Å². The summed E-state index contributed by atoms with van der Waals surface area (Å²) in [5, 5.41) is 0. The van der Waals surface area contributed by atoms with Crippen LogP contribution in [0.4, 0.5) is 0 Å². The van der Waals surface area contributed by atoms with Crippen molar-refractivity contribution in [2.75, 3.05) is 20.8 Å². The Morgan fingerprint density at radius 3 is 1.71 bits per heavy atom. The van der Waals surface area contributed by atoms with E-state index in [1.54, 1.807) is 14.2 Å². The Kier molecular flexibility index (Phi) is 7.06. The summed E-state index contributed by atoms with van der Waals surface area (Å²) < 4.78 is 16.6. The highest BCUT2D eigenvalue weighted by molar-refractivity contribution is 5.38. The van der Waals surface area contributed by atoms with Gasteiger partial charge in [0, 0.05) is 18.0 Å². The Morgan fingerprint density at radius 2 is 1.25 bits per heavy atom. The zero-order chi connectivity index (χ0) is 19.8. The SMILES string of the molecule is COc1cc(COCC(N)C(c2ccccc2)c2ccccc2)cc(OC)c1. The molecule has 0 aliphatic heterocycles. The third kappa shape index (κ3) is 5.12. The van der Waals surface area contributed by atoms with Crippen molar-refractivity contribution in [2.24, 2.45) is 5.73 Å². The van der Waals surface area contributed by atoms with E-state index in [4.69, 9.17) is 19.9 Å². The Labute approximate surface area is 166 Å². The molecule has 0 aliphatic rings. The second kappa shape index (κ2) is 9.93. The maximum atomic E-state index is 6.58. The second-order valence-corrected chi connectivity index (χ2v) is 6.70. The van der Waals surface area contributed by atoms with E-state index in [0.717, 1.165) is 17.1 Å². The van der Waals surface area contributed by atoms with Crippen molar-refractivity contribution in [3.63, 3.8) is 0 Å². The fraction of sp³-hybridized carbons (Fsp3) is 0.250. The molecule has 3 aromatic rings. The van der Waals surface area contributed by atoms with Gasteiger partial charge in [0.1, 0.15) is 11.5 Å². The number of hydrogen-bond donors (Lipinski definition) is 1. The standard InChI is InChI=1S/C24H27NO3/c1-26-21-13-18(14-22(15-21)27-2)16-28-17-23(25)24(19-9-5-3-6-10-19)20-11-7-4-8-12-20/h3-15,23-24H,16-17,25H2,1-2H3. The highest BCUT2D eigenvalue weighted by atomic mass is 16.5. The zero-order valence-electron chi connectivity index (χ0n) is 16.4. The van der Waals surface area contributed by atoms with Crippen LogP contribution in [-0.4, -0.2) is 26.9 Å². The van der Waals surface area contributed by atoms with Crippen molar-refractivity contribution < 1.29 is 14.2 Å². The van der Waals surface area contributed by atoms with Gasteiger partial charge in [0.05, 0.1) is 27.4 Å². The van der Waals surface area contributed by atoms with E-state index in [1.807, 2.05) is 54.6 Å². The molecule has 1 unspecified atom stereocenters. The first kappa shape index (κ1) is 19.9. The van der Waals surface area contributed by atoms with Crippen LogP contribution >= 0.6 is 0 Å². The zero-order valence-corrected chi connectivity index (χ0v) is 16.4. The summed E-state index contributed by atoms with van der Waals surface area (Å²) in [6.07, 6.45) is 0. The molecule has 1 atom stereocenters. The molecule has 3 rings (SSSR count). The summed E-state index contributed by atoms with van der Waals surface area (Å²) in [5.74, 6) is 1.56. The molecule has 146 valence electrons. The monoisotopic (exact) mass is 377 g/mol. The van der Waals surface area contributed by atoms with Gasteiger partial charge in [0.2, 0.25) is 0 Å². The highest BCUT2D eigenvalue weighted by Gasteiger charge is 2.22. The number of ether oxygens (including phenoxy) is 3. The van der Waals surface area contributed by atoms with Crippen molar-refractivity contribution in [2.45, 2.75) is 18.6 Å². The lowest BCUT2D eigenvalue weighted by atomic mass is 9.86. The molecule has 0 amide bonds. The van der Waals surface area contributed by atoms with Gasteiger partial charge in [-0.2, -0.15) is 0 Å². The molecule has 0 heterocycles. The molecule has 0 aromatic heterocycles. The summed E-state index contributed by atoms with van der Waals surface area (Å²) in [4.78, 5) is 0. The maximum Gasteiger partial charge on any atom is 0.122 e. The number of methoxy groups -OCH3 is 2. The largest absolute Gasteiger partial charge is 0.497 e. The minimum atomic E-state index is -0.169. The number of hydrogen-bond acceptors (Lipinski definition) is 4. The van der Waals surface area contributed by atoms with Crippen LogP contribution in [0.3, 0.4) is 0 Å². The minimum Gasteiger partial charge on any atom is -0.497 e. The molecule has 2 N–H and O–H groups in total. The van der Waals surface area contributed by atoms with E-state index >= 15 is 0 Å². The lowest BCUT2D eigenvalue weighted by Gasteiger charge is -2.25. The Hall–Kier alpha value is -2.82. The quantitative estimate of drug-likeness (QED) is 0.601. The molecular weight excluding hydrogens is 350 g/mol. The van der Waals surface area contributed by atoms with Crippen LogP contribution < -0.4 is 15.2 Å². The van der Waals surface area contributed by atoms with Crippen molar-refractivity contribution >= 4 is 0 Å². The van der Waals surface area contributed by atoms with Crippen LogP contribution in [0, 0.1) is 0 Å². The molecule has 28 heavy (non-hydrogen) atoms. The van der Waals surface area contributed by atoms with Crippen LogP contribution in [0.15, 0.2) is 78.9 Å². The molecule has 0 saturated heterocycles. The van der Waals surface area contributed by atoms with Crippen molar-refractivity contribution in [1.82, 2.24) is 0 Å². The summed E-state index contributed by atoms with van der Waals surface area (Å²) in [6.45, 7) is 0.880. The average molecular weight is 377 g/mol. The summed E-state index contributed by atoms with van der Waals surface area (Å²) in [6, 6.07) is 26.2. The Bertz CT molecular complexity index is 790. The molecule has 4 heteroatoms. The van der Waals surface area contributed by atoms with E-state index in [1.165, 1.54) is 11.1 Å². The number of rotatable bonds is 9. The minimum absolute atomic E-state index is 0.0715. The normalized spacial score (nSPS) is 12.0. The highest BCUT2D eigenvalue weighted by Crippen LogP contribution is 2.28. The molecule has 0 spiro atoms. The molecule has 3 aromatic carbocycles. The van der Waals surface area contributed by atoms with Crippen LogP contribution in [0.1, 0.15) is 22.6 Å². The summed E-state index contributed by atoms with van der Waals surface area (Å²) in [5.41, 5.74) is 9.95. The fourth-order valence-corrected chi connectivity index (χ4v) is 3.37. The lowest BCUT2D eigenvalue weighted by molar-refractivity contribution is 0.104. The smallest absolute Gasteiger partial charge is 0.122 e. The van der Waals surface area contributed by atoms with Gasteiger partial charge in [-0.25, -0.2) is 0 Å². The van der Waals surface area contributed by atoms with Crippen molar-refractivity contribution in [3.05, 3.63) is 95.6 Å². The van der Waals surface area contributed by atoms with E-state index < -0.39 is 0 Å². The molecule has 4 nitrogen and oxygen atoms in total. The third-order valence-corrected chi connectivity index (χ3v) is 4.74. The summed E-state index contributed by atoms with van der Waals surface area (Å²) in [7, 11) is 3.28. The predicted molar refractivity (Wildman–Crippen MR) is 112 cm³/mol. The van der Waals surface area contributed by atoms with E-state index in [0.29, 0.717) is 13.2 Å². The number of nitrogens with two attached hydrogens (primary N) is 1. The van der Waals surface area contributed by atoms with E-state index in [2.05, 4.69) is 24.3 Å². The van der Waals surface area contributed by atoms with Gasteiger partial charge < -0.3 is 19.9 Å². The van der Waals surface area contributed by atoms with Crippen LogP contribution in [0.5, 0.6) is 11.5 Å². The molecular formula is C24H27NO3. The van der Waals surface area contributed by atoms with Gasteiger partial charge in [0.25, 0.3) is 0 Å². The molecule has 0 fully saturated rings. The molecule has 0 aliphatic carbocycles. The van der Waals surface area contributed by atoms with Gasteiger partial charge in [-0.3, -0.25) is 0 Å². The van der Waals surface area contributed by atoms with Gasteiger partial charge in [-0.15, -0.1) is 0 Å². The van der Waals surface area contributed by atoms with Crippen molar-refractivity contribution in [3.8, 4) is 11.5 Å². The topological polar surface area (TPSA) is 53.7 Å². The van der Waals surface area contributed by atoms with Gasteiger partial charge in [0.15, 0.2) is 0 Å². The van der Waals surface area contributed by atoms with Gasteiger partial charge in [-0.05, 0) is 28.8 Å². The average Bonchev–Trinajstić information content (AvgIpc) is 2.75. The fourth-order valence-electron chi connectivity index (χ4n) is 3.37. The second-order valence-electron chi connectivity index (χ2n) is 6.70. The summed E-state index contributed by atoms with van der Waals surface area (Å²) >= 11 is 0. The number of benzene rings is 3. The van der Waals surface area contributed by atoms with Gasteiger partial charge >= 0.3 is 0 Å². The molecule has 0 radical (unpaired) electrons. The molecule has 0 saturated carbocycles. The first-order chi connectivity index (χ1) is 13.7. The third-order valence-electron chi connectivity index (χ3n) is 4.74. The van der Waals surface area contributed by atoms with Gasteiger partial charge in [-0.1, -0.05) is 60.7 Å².